The van der Waals surface area contributed by atoms with E-state index >= 15 is 0 Å². The maximum Gasteiger partial charge on any atom is 0.393 e. The van der Waals surface area contributed by atoms with Gasteiger partial charge in [-0.25, -0.2) is 18.4 Å². The summed E-state index contributed by atoms with van der Waals surface area (Å²) in [6.07, 6.45) is -1.17. The van der Waals surface area contributed by atoms with Gasteiger partial charge in [-0.15, -0.1) is 11.3 Å². The van der Waals surface area contributed by atoms with Crippen LogP contribution in [0.15, 0.2) is 24.5 Å². The Labute approximate surface area is 282 Å². The van der Waals surface area contributed by atoms with E-state index in [-0.39, 0.29) is 22.6 Å². The van der Waals surface area contributed by atoms with Gasteiger partial charge in [0.15, 0.2) is 0 Å². The maximum atomic E-state index is 13.1. The van der Waals surface area contributed by atoms with Crippen LogP contribution in [0.25, 0.3) is 21.1 Å². The molecule has 0 unspecified atom stereocenters. The summed E-state index contributed by atoms with van der Waals surface area (Å²) < 4.78 is 66.6. The van der Waals surface area contributed by atoms with Gasteiger partial charge in [0.2, 0.25) is 10.0 Å². The van der Waals surface area contributed by atoms with Crippen molar-refractivity contribution in [2.75, 3.05) is 56.6 Å². The molecule has 2 fully saturated rings. The predicted molar refractivity (Wildman–Crippen MR) is 182 cm³/mol. The molecular weight excluding hydrogens is 664 g/mol. The number of benzene rings is 1. The molecule has 1 atom stereocenters. The predicted octanol–water partition coefficient (Wildman–Crippen LogP) is 4.56. The van der Waals surface area contributed by atoms with Gasteiger partial charge in [-0.05, 0) is 49.9 Å². The zero-order valence-corrected chi connectivity index (χ0v) is 28.9. The molecule has 3 N–H and O–H groups in total. The molecule has 0 spiro atoms. The minimum Gasteiger partial charge on any atom is -0.397 e. The van der Waals surface area contributed by atoms with Crippen LogP contribution < -0.4 is 11.1 Å². The summed E-state index contributed by atoms with van der Waals surface area (Å²) in [5.74, 6) is 0.477. The number of halogens is 3. The maximum absolute atomic E-state index is 13.1. The molecule has 0 radical (unpaired) electrons. The first kappa shape index (κ1) is 34.4. The lowest BCUT2D eigenvalue weighted by atomic mass is 10.0. The van der Waals surface area contributed by atoms with Crippen molar-refractivity contribution >= 4 is 54.0 Å². The number of sulfonamides is 1. The first-order valence-corrected chi connectivity index (χ1v) is 18.7. The molecule has 0 aliphatic carbocycles. The summed E-state index contributed by atoms with van der Waals surface area (Å²) in [4.78, 5) is 13.7. The van der Waals surface area contributed by atoms with Crippen LogP contribution in [-0.4, -0.2) is 101 Å². The highest BCUT2D eigenvalue weighted by Crippen LogP contribution is 2.39. The highest BCUT2D eigenvalue weighted by molar-refractivity contribution is 7.88. The molecule has 2 saturated heterocycles. The monoisotopic (exact) mass is 703 g/mol. The van der Waals surface area contributed by atoms with Gasteiger partial charge < -0.3 is 15.6 Å². The number of piperidine rings is 1. The van der Waals surface area contributed by atoms with Gasteiger partial charge in [-0.3, -0.25) is 9.80 Å². The summed E-state index contributed by atoms with van der Waals surface area (Å²) >= 11 is 0.959. The van der Waals surface area contributed by atoms with Crippen molar-refractivity contribution in [3.63, 3.8) is 0 Å². The van der Waals surface area contributed by atoms with Crippen molar-refractivity contribution in [2.24, 2.45) is 0 Å². The van der Waals surface area contributed by atoms with E-state index in [1.54, 1.807) is 0 Å². The van der Waals surface area contributed by atoms with Crippen LogP contribution in [0.2, 0.25) is 0 Å². The van der Waals surface area contributed by atoms with Gasteiger partial charge >= 0.3 is 6.18 Å². The Kier molecular flexibility index (Phi) is 9.62. The molecule has 0 bridgehead atoms. The number of rotatable bonds is 9. The molecule has 5 heterocycles. The standard InChI is InChI=1S/C32H40F3N9O2S2/c1-20(42-10-12-43(13-11-42)48(3,45)46)17-44-24(16-36)14-25-21(2)22(4-5-26(25)44)18-41-8-6-23(7-9-41)40-30-28-29(37)27(15-32(33,34)35)47-31(28)39-19-38-30/h4-5,14,19-20,23H,6-13,15,17-18,37H2,1-3H3,(H,38,39,40)/t20-/m0/s1. The third-order valence-corrected chi connectivity index (χ3v) is 12.1. The topological polar surface area (TPSA) is 136 Å². The Hall–Kier alpha value is -3.49. The van der Waals surface area contributed by atoms with Gasteiger partial charge in [0, 0.05) is 80.2 Å². The van der Waals surface area contributed by atoms with Gasteiger partial charge in [0.25, 0.3) is 0 Å². The second-order valence-corrected chi connectivity index (χ2v) is 16.0. The van der Waals surface area contributed by atoms with Crippen molar-refractivity contribution in [2.45, 2.75) is 64.5 Å². The zero-order valence-electron chi connectivity index (χ0n) is 27.2. The number of nitrogens with one attached hydrogen (secondary N) is 1. The second kappa shape index (κ2) is 13.4. The van der Waals surface area contributed by atoms with E-state index in [1.165, 1.54) is 22.5 Å². The first-order valence-electron chi connectivity index (χ1n) is 16.0. The summed E-state index contributed by atoms with van der Waals surface area (Å²) in [5.41, 5.74) is 10.2. The molecular formula is C32H40F3N9O2S2. The smallest absolute Gasteiger partial charge is 0.393 e. The molecule has 2 aliphatic rings. The van der Waals surface area contributed by atoms with Gasteiger partial charge in [0.1, 0.15) is 28.7 Å². The number of aryl methyl sites for hydroxylation is 1. The lowest BCUT2D eigenvalue weighted by Gasteiger charge is -2.37. The number of fused-ring (bicyclic) bond motifs is 2. The summed E-state index contributed by atoms with van der Waals surface area (Å²) in [6, 6.07) is 8.80. The molecule has 16 heteroatoms. The molecule has 0 saturated carbocycles. The SMILES string of the molecule is Cc1c(CN2CCC(Nc3ncnc4sc(CC(F)(F)F)c(N)c34)CC2)ccc2c1cc(C#N)n2C[C@H](C)N1CCN(S(C)(=O)=O)CC1. The third kappa shape index (κ3) is 7.25. The Bertz CT molecular complexity index is 1950. The molecule has 2 aliphatic heterocycles. The van der Waals surface area contributed by atoms with E-state index in [1.807, 2.05) is 6.07 Å². The minimum atomic E-state index is -4.35. The Balaban J connectivity index is 1.09. The molecule has 4 aromatic rings. The normalized spacial score (nSPS) is 18.4. The zero-order chi connectivity index (χ0) is 34.4. The van der Waals surface area contributed by atoms with E-state index < -0.39 is 22.6 Å². The molecule has 0 amide bonds. The average molecular weight is 704 g/mol. The quantitative estimate of drug-likeness (QED) is 0.257. The Morgan fingerprint density at radius 1 is 1.15 bits per heavy atom. The number of thiophene rings is 1. The van der Waals surface area contributed by atoms with Crippen molar-refractivity contribution in [3.8, 4) is 6.07 Å². The summed E-state index contributed by atoms with van der Waals surface area (Å²) in [6.45, 7) is 9.51. The van der Waals surface area contributed by atoms with E-state index in [4.69, 9.17) is 5.73 Å². The van der Waals surface area contributed by atoms with E-state index in [0.717, 1.165) is 60.3 Å². The van der Waals surface area contributed by atoms with Gasteiger partial charge in [-0.1, -0.05) is 6.07 Å². The largest absolute Gasteiger partial charge is 0.397 e. The van der Waals surface area contributed by atoms with Crippen LogP contribution in [0.4, 0.5) is 24.7 Å². The molecule has 11 nitrogen and oxygen atoms in total. The lowest BCUT2D eigenvalue weighted by Crippen LogP contribution is -2.51. The number of nitrogens with zero attached hydrogens (tertiary/aromatic N) is 7. The number of piperazine rings is 1. The fraction of sp³-hybridized carbons (Fsp3) is 0.531. The number of nitrogens with two attached hydrogens (primary N) is 1. The van der Waals surface area contributed by atoms with Crippen LogP contribution in [-0.2, 0) is 29.5 Å². The third-order valence-electron chi connectivity index (χ3n) is 9.68. The fourth-order valence-corrected chi connectivity index (χ4v) is 8.85. The number of hydrogen-bond acceptors (Lipinski definition) is 10. The number of anilines is 2. The highest BCUT2D eigenvalue weighted by atomic mass is 32.2. The number of hydrogen-bond donors (Lipinski definition) is 2. The highest BCUT2D eigenvalue weighted by Gasteiger charge is 2.32. The molecule has 1 aromatic carbocycles. The minimum absolute atomic E-state index is 0.0555. The summed E-state index contributed by atoms with van der Waals surface area (Å²) in [7, 11) is -3.20. The van der Waals surface area contributed by atoms with E-state index in [9.17, 15) is 26.9 Å². The van der Waals surface area contributed by atoms with Crippen LogP contribution in [0.1, 0.15) is 41.5 Å². The molecule has 48 heavy (non-hydrogen) atoms. The number of likely N-dealkylation sites (tertiary alicyclic amines) is 1. The van der Waals surface area contributed by atoms with Crippen molar-refractivity contribution in [1.82, 2.24) is 28.6 Å². The molecule has 6 rings (SSSR count). The van der Waals surface area contributed by atoms with Crippen LogP contribution in [0.5, 0.6) is 0 Å². The molecule has 258 valence electrons. The lowest BCUT2D eigenvalue weighted by molar-refractivity contribution is -0.126. The van der Waals surface area contributed by atoms with Crippen LogP contribution >= 0.6 is 11.3 Å². The van der Waals surface area contributed by atoms with E-state index in [0.29, 0.717) is 54.5 Å². The fourth-order valence-electron chi connectivity index (χ4n) is 6.93. The van der Waals surface area contributed by atoms with Crippen molar-refractivity contribution < 1.29 is 21.6 Å². The van der Waals surface area contributed by atoms with Crippen molar-refractivity contribution in [3.05, 3.63) is 46.2 Å². The van der Waals surface area contributed by atoms with E-state index in [2.05, 4.69) is 61.7 Å². The Morgan fingerprint density at radius 2 is 1.85 bits per heavy atom. The average Bonchev–Trinajstić information content (AvgIpc) is 3.55. The van der Waals surface area contributed by atoms with Crippen LogP contribution in [0.3, 0.4) is 0 Å². The number of nitriles is 1. The first-order chi connectivity index (χ1) is 22.7. The van der Waals surface area contributed by atoms with Gasteiger partial charge in [-0.2, -0.15) is 22.7 Å². The Morgan fingerprint density at radius 3 is 2.50 bits per heavy atom. The summed E-state index contributed by atoms with van der Waals surface area (Å²) in [5, 5.41) is 14.9. The van der Waals surface area contributed by atoms with Crippen molar-refractivity contribution in [1.29, 1.82) is 5.26 Å². The number of alkyl halides is 3. The van der Waals surface area contributed by atoms with Gasteiger partial charge in [0.05, 0.1) is 23.8 Å². The van der Waals surface area contributed by atoms with Crippen LogP contribution in [0, 0.1) is 18.3 Å². The molecule has 3 aromatic heterocycles. The number of aromatic nitrogens is 3. The number of nitrogen functional groups attached to an aromatic ring is 1. The second-order valence-electron chi connectivity index (χ2n) is 12.9.